The molecule has 4 rings (SSSR count). The van der Waals surface area contributed by atoms with E-state index in [1.165, 1.54) is 0 Å². The monoisotopic (exact) mass is 331 g/mol. The van der Waals surface area contributed by atoms with Gasteiger partial charge in [0, 0.05) is 18.5 Å². The predicted octanol–water partition coefficient (Wildman–Crippen LogP) is 1.41. The molecule has 1 saturated heterocycles. The molecule has 3 aliphatic rings. The number of amides is 2. The summed E-state index contributed by atoms with van der Waals surface area (Å²) in [5.74, 6) is 1.07. The van der Waals surface area contributed by atoms with Gasteiger partial charge in [-0.25, -0.2) is 0 Å². The molecular formula is C17H25N5O2. The van der Waals surface area contributed by atoms with Crippen LogP contribution in [-0.2, 0) is 16.1 Å². The van der Waals surface area contributed by atoms with E-state index in [2.05, 4.69) is 20.1 Å². The molecule has 7 nitrogen and oxygen atoms in total. The summed E-state index contributed by atoms with van der Waals surface area (Å²) in [6.45, 7) is 1.10. The number of likely N-dealkylation sites (tertiary alicyclic amines) is 1. The highest BCUT2D eigenvalue weighted by Gasteiger charge is 2.37. The van der Waals surface area contributed by atoms with Gasteiger partial charge in [-0.3, -0.25) is 9.59 Å². The number of aromatic nitrogens is 3. The number of hydrogen-bond acceptors (Lipinski definition) is 4. The summed E-state index contributed by atoms with van der Waals surface area (Å²) in [6, 6.07) is 0.189. The predicted molar refractivity (Wildman–Crippen MR) is 86.8 cm³/mol. The first-order valence-electron chi connectivity index (χ1n) is 9.20. The molecule has 0 bridgehead atoms. The van der Waals surface area contributed by atoms with Crippen molar-refractivity contribution in [2.75, 3.05) is 6.54 Å². The van der Waals surface area contributed by atoms with E-state index in [1.807, 2.05) is 4.90 Å². The van der Waals surface area contributed by atoms with Crippen LogP contribution in [0.1, 0.15) is 63.2 Å². The van der Waals surface area contributed by atoms with Crippen LogP contribution in [0.15, 0.2) is 6.33 Å². The normalized spacial score (nSPS) is 24.5. The SMILES string of the molecule is O=C(NCc1nncn1C1CC1)[C@H]1CCCN1C(=O)C1CCCC1. The number of hydrogen-bond donors (Lipinski definition) is 1. The average Bonchev–Trinajstić information content (AvgIpc) is 3.07. The molecule has 2 aliphatic carbocycles. The molecule has 2 amide bonds. The van der Waals surface area contributed by atoms with Crippen LogP contribution in [0, 0.1) is 5.92 Å². The minimum atomic E-state index is -0.310. The van der Waals surface area contributed by atoms with Gasteiger partial charge >= 0.3 is 0 Å². The van der Waals surface area contributed by atoms with Crippen molar-refractivity contribution < 1.29 is 9.59 Å². The van der Waals surface area contributed by atoms with Crippen LogP contribution in [0.25, 0.3) is 0 Å². The molecule has 1 aromatic rings. The van der Waals surface area contributed by atoms with Gasteiger partial charge < -0.3 is 14.8 Å². The van der Waals surface area contributed by atoms with Crippen LogP contribution < -0.4 is 5.32 Å². The molecule has 0 spiro atoms. The largest absolute Gasteiger partial charge is 0.347 e. The van der Waals surface area contributed by atoms with Crippen LogP contribution in [0.5, 0.6) is 0 Å². The molecule has 0 radical (unpaired) electrons. The van der Waals surface area contributed by atoms with Crippen LogP contribution in [0.4, 0.5) is 0 Å². The lowest BCUT2D eigenvalue weighted by molar-refractivity contribution is -0.141. The first-order chi connectivity index (χ1) is 11.7. The fraction of sp³-hybridized carbons (Fsp3) is 0.765. The average molecular weight is 331 g/mol. The van der Waals surface area contributed by atoms with Gasteiger partial charge in [-0.15, -0.1) is 10.2 Å². The zero-order valence-corrected chi connectivity index (χ0v) is 14.0. The molecule has 1 aromatic heterocycles. The first-order valence-corrected chi connectivity index (χ1v) is 9.20. The highest BCUT2D eigenvalue weighted by Crippen LogP contribution is 2.35. The van der Waals surface area contributed by atoms with E-state index in [9.17, 15) is 9.59 Å². The molecular weight excluding hydrogens is 306 g/mol. The molecule has 3 fully saturated rings. The van der Waals surface area contributed by atoms with Crippen LogP contribution in [0.2, 0.25) is 0 Å². The smallest absolute Gasteiger partial charge is 0.243 e. The topological polar surface area (TPSA) is 80.1 Å². The van der Waals surface area contributed by atoms with Gasteiger partial charge in [-0.2, -0.15) is 0 Å². The second-order valence-corrected chi connectivity index (χ2v) is 7.27. The second-order valence-electron chi connectivity index (χ2n) is 7.27. The Hall–Kier alpha value is -1.92. The van der Waals surface area contributed by atoms with Crippen molar-refractivity contribution in [2.45, 2.75) is 70.0 Å². The van der Waals surface area contributed by atoms with E-state index in [0.717, 1.165) is 57.2 Å². The summed E-state index contributed by atoms with van der Waals surface area (Å²) in [5, 5.41) is 11.0. The molecule has 2 saturated carbocycles. The fourth-order valence-electron chi connectivity index (χ4n) is 4.05. The van der Waals surface area contributed by atoms with Crippen molar-refractivity contribution in [1.82, 2.24) is 25.0 Å². The van der Waals surface area contributed by atoms with Gasteiger partial charge in [-0.1, -0.05) is 12.8 Å². The molecule has 1 N–H and O–H groups in total. The molecule has 24 heavy (non-hydrogen) atoms. The van der Waals surface area contributed by atoms with Crippen molar-refractivity contribution in [2.24, 2.45) is 5.92 Å². The third-order valence-corrected chi connectivity index (χ3v) is 5.55. The minimum Gasteiger partial charge on any atom is -0.347 e. The summed E-state index contributed by atoms with van der Waals surface area (Å²) in [5.41, 5.74) is 0. The van der Waals surface area contributed by atoms with Crippen molar-refractivity contribution in [3.05, 3.63) is 12.2 Å². The molecule has 0 aromatic carbocycles. The number of carbonyl (C=O) groups is 2. The Bertz CT molecular complexity index is 618. The van der Waals surface area contributed by atoms with E-state index in [0.29, 0.717) is 19.1 Å². The number of nitrogens with one attached hydrogen (secondary N) is 1. The number of rotatable bonds is 5. The Labute approximate surface area is 141 Å². The highest BCUT2D eigenvalue weighted by molar-refractivity contribution is 5.89. The Morgan fingerprint density at radius 2 is 1.92 bits per heavy atom. The fourth-order valence-corrected chi connectivity index (χ4v) is 4.05. The van der Waals surface area contributed by atoms with Gasteiger partial charge in [0.1, 0.15) is 12.4 Å². The van der Waals surface area contributed by atoms with Crippen LogP contribution in [0.3, 0.4) is 0 Å². The zero-order chi connectivity index (χ0) is 16.5. The summed E-state index contributed by atoms with van der Waals surface area (Å²) < 4.78 is 2.05. The lowest BCUT2D eigenvalue weighted by atomic mass is 10.1. The van der Waals surface area contributed by atoms with E-state index < -0.39 is 0 Å². The van der Waals surface area contributed by atoms with Crippen molar-refractivity contribution >= 4 is 11.8 Å². The Balaban J connectivity index is 1.36. The summed E-state index contributed by atoms with van der Waals surface area (Å²) in [7, 11) is 0. The summed E-state index contributed by atoms with van der Waals surface area (Å²) in [4.78, 5) is 27.1. The summed E-state index contributed by atoms with van der Waals surface area (Å²) >= 11 is 0. The van der Waals surface area contributed by atoms with Crippen LogP contribution in [-0.4, -0.2) is 44.1 Å². The highest BCUT2D eigenvalue weighted by atomic mass is 16.2. The van der Waals surface area contributed by atoms with Crippen LogP contribution >= 0.6 is 0 Å². The van der Waals surface area contributed by atoms with E-state index in [4.69, 9.17) is 0 Å². The van der Waals surface area contributed by atoms with Crippen molar-refractivity contribution in [3.8, 4) is 0 Å². The molecule has 1 atom stereocenters. The standard InChI is InChI=1S/C17H25N5O2/c23-16(18-10-15-20-19-11-22(15)13-7-8-13)14-6-3-9-21(14)17(24)12-4-1-2-5-12/h11-14H,1-10H2,(H,18,23)/t14-/m1/s1. The molecule has 2 heterocycles. The van der Waals surface area contributed by atoms with Gasteiger partial charge in [0.15, 0.2) is 5.82 Å². The van der Waals surface area contributed by atoms with Crippen molar-refractivity contribution in [1.29, 1.82) is 0 Å². The quantitative estimate of drug-likeness (QED) is 0.885. The maximum absolute atomic E-state index is 12.7. The minimum absolute atomic E-state index is 0.0517. The first kappa shape index (κ1) is 15.6. The van der Waals surface area contributed by atoms with Gasteiger partial charge in [0.05, 0.1) is 6.54 Å². The van der Waals surface area contributed by atoms with Gasteiger partial charge in [0.2, 0.25) is 11.8 Å². The molecule has 0 unspecified atom stereocenters. The number of nitrogens with zero attached hydrogens (tertiary/aromatic N) is 4. The van der Waals surface area contributed by atoms with Crippen molar-refractivity contribution in [3.63, 3.8) is 0 Å². The Morgan fingerprint density at radius 1 is 1.12 bits per heavy atom. The van der Waals surface area contributed by atoms with E-state index in [1.54, 1.807) is 6.33 Å². The maximum Gasteiger partial charge on any atom is 0.243 e. The third-order valence-electron chi connectivity index (χ3n) is 5.55. The molecule has 7 heteroatoms. The number of carbonyl (C=O) groups excluding carboxylic acids is 2. The Morgan fingerprint density at radius 3 is 2.67 bits per heavy atom. The third kappa shape index (κ3) is 3.03. The van der Waals surface area contributed by atoms with Gasteiger partial charge in [0.25, 0.3) is 0 Å². The second kappa shape index (κ2) is 6.53. The zero-order valence-electron chi connectivity index (χ0n) is 14.0. The van der Waals surface area contributed by atoms with E-state index >= 15 is 0 Å². The van der Waals surface area contributed by atoms with Gasteiger partial charge in [-0.05, 0) is 38.5 Å². The maximum atomic E-state index is 12.7. The van der Waals surface area contributed by atoms with E-state index in [-0.39, 0.29) is 23.8 Å². The lowest BCUT2D eigenvalue weighted by Gasteiger charge is -2.26. The molecule has 130 valence electrons. The lowest BCUT2D eigenvalue weighted by Crippen LogP contribution is -2.47. The molecule has 1 aliphatic heterocycles. The Kier molecular flexibility index (Phi) is 4.24. The summed E-state index contributed by atoms with van der Waals surface area (Å²) in [6.07, 6.45) is 9.97.